The summed E-state index contributed by atoms with van der Waals surface area (Å²) in [4.78, 5) is 2.25. The SMILES string of the molecule is COCC(CCCN)NCC(c1ccccc1)N(C)C. The molecule has 1 aromatic carbocycles. The number of nitrogens with one attached hydrogen (secondary N) is 1. The van der Waals surface area contributed by atoms with Gasteiger partial charge in [0, 0.05) is 25.7 Å². The molecule has 0 saturated carbocycles. The quantitative estimate of drug-likeness (QED) is 0.683. The fraction of sp³-hybridized carbons (Fsp3) is 0.625. The summed E-state index contributed by atoms with van der Waals surface area (Å²) in [6, 6.07) is 11.3. The molecule has 114 valence electrons. The minimum Gasteiger partial charge on any atom is -0.383 e. The molecule has 2 atom stereocenters. The Hall–Kier alpha value is -0.940. The Morgan fingerprint density at radius 2 is 1.95 bits per heavy atom. The average molecular weight is 279 g/mol. The second kappa shape index (κ2) is 9.88. The molecule has 2 unspecified atom stereocenters. The van der Waals surface area contributed by atoms with Gasteiger partial charge in [-0.1, -0.05) is 30.3 Å². The zero-order valence-corrected chi connectivity index (χ0v) is 13.0. The van der Waals surface area contributed by atoms with Gasteiger partial charge in [0.15, 0.2) is 0 Å². The molecule has 0 bridgehead atoms. The smallest absolute Gasteiger partial charge is 0.0615 e. The van der Waals surface area contributed by atoms with Crippen molar-refractivity contribution in [2.75, 3.05) is 40.9 Å². The van der Waals surface area contributed by atoms with Crippen molar-refractivity contribution in [3.05, 3.63) is 35.9 Å². The highest BCUT2D eigenvalue weighted by Crippen LogP contribution is 2.17. The third-order valence-corrected chi connectivity index (χ3v) is 3.53. The lowest BCUT2D eigenvalue weighted by Gasteiger charge is -2.28. The van der Waals surface area contributed by atoms with Crippen LogP contribution in [0.2, 0.25) is 0 Å². The van der Waals surface area contributed by atoms with E-state index in [1.165, 1.54) is 5.56 Å². The van der Waals surface area contributed by atoms with Gasteiger partial charge in [-0.15, -0.1) is 0 Å². The maximum absolute atomic E-state index is 5.59. The Kier molecular flexibility index (Phi) is 8.46. The van der Waals surface area contributed by atoms with Crippen LogP contribution >= 0.6 is 0 Å². The van der Waals surface area contributed by atoms with E-state index in [0.717, 1.165) is 32.5 Å². The average Bonchev–Trinajstić information content (AvgIpc) is 2.45. The number of likely N-dealkylation sites (N-methyl/N-ethyl adjacent to an activating group) is 1. The molecule has 0 saturated heterocycles. The van der Waals surface area contributed by atoms with Crippen molar-refractivity contribution in [1.82, 2.24) is 10.2 Å². The fourth-order valence-corrected chi connectivity index (χ4v) is 2.36. The van der Waals surface area contributed by atoms with Crippen LogP contribution in [0.5, 0.6) is 0 Å². The van der Waals surface area contributed by atoms with Crippen LogP contribution in [0.1, 0.15) is 24.4 Å². The van der Waals surface area contributed by atoms with Crippen molar-refractivity contribution in [1.29, 1.82) is 0 Å². The van der Waals surface area contributed by atoms with E-state index in [1.54, 1.807) is 7.11 Å². The van der Waals surface area contributed by atoms with Gasteiger partial charge in [0.1, 0.15) is 0 Å². The molecular formula is C16H29N3O. The van der Waals surface area contributed by atoms with Crippen molar-refractivity contribution in [2.24, 2.45) is 5.73 Å². The Labute approximate surface area is 123 Å². The molecule has 20 heavy (non-hydrogen) atoms. The standard InChI is InChI=1S/C16H29N3O/c1-19(2)16(14-8-5-4-6-9-14)12-18-15(13-20-3)10-7-11-17/h4-6,8-9,15-16,18H,7,10-13,17H2,1-3H3. The lowest BCUT2D eigenvalue weighted by Crippen LogP contribution is -2.39. The van der Waals surface area contributed by atoms with E-state index in [0.29, 0.717) is 12.1 Å². The van der Waals surface area contributed by atoms with E-state index in [1.807, 2.05) is 0 Å². The lowest BCUT2D eigenvalue weighted by atomic mass is 10.1. The van der Waals surface area contributed by atoms with Crippen molar-refractivity contribution in [3.63, 3.8) is 0 Å². The fourth-order valence-electron chi connectivity index (χ4n) is 2.36. The summed E-state index contributed by atoms with van der Waals surface area (Å²) < 4.78 is 5.28. The van der Waals surface area contributed by atoms with Gasteiger partial charge in [0.2, 0.25) is 0 Å². The van der Waals surface area contributed by atoms with Gasteiger partial charge in [-0.25, -0.2) is 0 Å². The van der Waals surface area contributed by atoms with E-state index in [2.05, 4.69) is 54.6 Å². The van der Waals surface area contributed by atoms with Crippen LogP contribution in [0.25, 0.3) is 0 Å². The number of nitrogens with two attached hydrogens (primary N) is 1. The summed E-state index contributed by atoms with van der Waals surface area (Å²) >= 11 is 0. The van der Waals surface area contributed by atoms with Gasteiger partial charge >= 0.3 is 0 Å². The Morgan fingerprint density at radius 3 is 2.50 bits per heavy atom. The summed E-state index contributed by atoms with van der Waals surface area (Å²) in [5.41, 5.74) is 6.92. The van der Waals surface area contributed by atoms with Crippen LogP contribution in [0.4, 0.5) is 0 Å². The molecule has 0 heterocycles. The monoisotopic (exact) mass is 279 g/mol. The number of hydrogen-bond acceptors (Lipinski definition) is 4. The number of methoxy groups -OCH3 is 1. The Morgan fingerprint density at radius 1 is 1.25 bits per heavy atom. The molecule has 1 aromatic rings. The second-order valence-electron chi connectivity index (χ2n) is 5.38. The van der Waals surface area contributed by atoms with Crippen LogP contribution in [0.15, 0.2) is 30.3 Å². The molecule has 0 fully saturated rings. The molecule has 0 aromatic heterocycles. The highest BCUT2D eigenvalue weighted by Gasteiger charge is 2.16. The maximum atomic E-state index is 5.59. The third-order valence-electron chi connectivity index (χ3n) is 3.53. The van der Waals surface area contributed by atoms with Crippen LogP contribution in [0, 0.1) is 0 Å². The van der Waals surface area contributed by atoms with E-state index in [4.69, 9.17) is 10.5 Å². The molecule has 0 amide bonds. The third kappa shape index (κ3) is 6.01. The van der Waals surface area contributed by atoms with Gasteiger partial charge in [-0.2, -0.15) is 0 Å². The van der Waals surface area contributed by atoms with Crippen LogP contribution in [0.3, 0.4) is 0 Å². The molecule has 0 aliphatic rings. The van der Waals surface area contributed by atoms with E-state index < -0.39 is 0 Å². The van der Waals surface area contributed by atoms with Gasteiger partial charge < -0.3 is 20.7 Å². The van der Waals surface area contributed by atoms with E-state index in [9.17, 15) is 0 Å². The zero-order valence-electron chi connectivity index (χ0n) is 13.0. The minimum absolute atomic E-state index is 0.369. The number of hydrogen-bond donors (Lipinski definition) is 2. The molecule has 3 N–H and O–H groups in total. The first-order valence-electron chi connectivity index (χ1n) is 7.32. The highest BCUT2D eigenvalue weighted by molar-refractivity contribution is 5.19. The van der Waals surface area contributed by atoms with Crippen molar-refractivity contribution in [3.8, 4) is 0 Å². The first-order chi connectivity index (χ1) is 9.69. The van der Waals surface area contributed by atoms with Crippen molar-refractivity contribution < 1.29 is 4.74 Å². The van der Waals surface area contributed by atoms with E-state index >= 15 is 0 Å². The largest absolute Gasteiger partial charge is 0.383 e. The number of rotatable bonds is 10. The van der Waals surface area contributed by atoms with Gasteiger partial charge in [-0.05, 0) is 39.0 Å². The molecule has 0 aliphatic carbocycles. The molecule has 1 rings (SSSR count). The van der Waals surface area contributed by atoms with Crippen LogP contribution in [-0.4, -0.2) is 51.8 Å². The van der Waals surface area contributed by atoms with Gasteiger partial charge in [0.05, 0.1) is 6.61 Å². The number of nitrogens with zero attached hydrogens (tertiary/aromatic N) is 1. The predicted octanol–water partition coefficient (Wildman–Crippen LogP) is 1.63. The molecule has 0 radical (unpaired) electrons. The first kappa shape index (κ1) is 17.1. The normalized spacial score (nSPS) is 14.4. The second-order valence-corrected chi connectivity index (χ2v) is 5.38. The highest BCUT2D eigenvalue weighted by atomic mass is 16.5. The summed E-state index contributed by atoms with van der Waals surface area (Å²) in [5, 5.41) is 3.61. The summed E-state index contributed by atoms with van der Waals surface area (Å²) in [7, 11) is 5.98. The first-order valence-corrected chi connectivity index (χ1v) is 7.32. The lowest BCUT2D eigenvalue weighted by molar-refractivity contribution is 0.155. The van der Waals surface area contributed by atoms with Crippen LogP contribution in [-0.2, 0) is 4.74 Å². The van der Waals surface area contributed by atoms with Crippen molar-refractivity contribution >= 4 is 0 Å². The molecule has 4 heteroatoms. The predicted molar refractivity (Wildman–Crippen MR) is 84.8 cm³/mol. The molecule has 0 spiro atoms. The topological polar surface area (TPSA) is 50.5 Å². The molecule has 0 aliphatic heterocycles. The van der Waals surface area contributed by atoms with Gasteiger partial charge in [0.25, 0.3) is 0 Å². The van der Waals surface area contributed by atoms with E-state index in [-0.39, 0.29) is 0 Å². The Balaban J connectivity index is 2.57. The maximum Gasteiger partial charge on any atom is 0.0615 e. The molecular weight excluding hydrogens is 250 g/mol. The summed E-state index contributed by atoms with van der Waals surface area (Å²) in [6.45, 7) is 2.38. The summed E-state index contributed by atoms with van der Waals surface area (Å²) in [6.07, 6.45) is 2.08. The molecule has 4 nitrogen and oxygen atoms in total. The minimum atomic E-state index is 0.369. The van der Waals surface area contributed by atoms with Crippen LogP contribution < -0.4 is 11.1 Å². The van der Waals surface area contributed by atoms with Crippen molar-refractivity contribution in [2.45, 2.75) is 24.9 Å². The number of ether oxygens (including phenoxy) is 1. The number of benzene rings is 1. The van der Waals surface area contributed by atoms with Gasteiger partial charge in [-0.3, -0.25) is 0 Å². The zero-order chi connectivity index (χ0) is 14.8. The summed E-state index contributed by atoms with van der Waals surface area (Å²) in [5.74, 6) is 0. The Bertz CT molecular complexity index is 343.